The summed E-state index contributed by atoms with van der Waals surface area (Å²) in [6.45, 7) is 17.2. The van der Waals surface area contributed by atoms with Gasteiger partial charge in [0.05, 0.1) is 56.0 Å². The van der Waals surface area contributed by atoms with E-state index in [1.54, 1.807) is 0 Å². The SMILES string of the molecule is CCC(C)(C)OCCC(C)(C)OCCNCCCOc1nsnc1N1CCOCC1.O=CO. The number of ether oxygens (including phenoxy) is 4. The average Bonchev–Trinajstić information content (AvgIpc) is 3.25. The van der Waals surface area contributed by atoms with Crippen LogP contribution in [0.5, 0.6) is 5.88 Å². The van der Waals surface area contributed by atoms with Crippen LogP contribution in [0.15, 0.2) is 0 Å². The van der Waals surface area contributed by atoms with Crippen LogP contribution < -0.4 is 15.0 Å². The molecule has 0 amide bonds. The fraction of sp³-hybridized carbons (Fsp3) is 0.864. The summed E-state index contributed by atoms with van der Waals surface area (Å²) in [4.78, 5) is 10.5. The molecule has 0 bridgehead atoms. The number of morpholine rings is 1. The summed E-state index contributed by atoms with van der Waals surface area (Å²) in [6, 6.07) is 0. The summed E-state index contributed by atoms with van der Waals surface area (Å²) in [5.41, 5.74) is -0.237. The highest BCUT2D eigenvalue weighted by Gasteiger charge is 2.22. The highest BCUT2D eigenvalue weighted by atomic mass is 32.1. The molecule has 0 aromatic carbocycles. The Morgan fingerprint density at radius 3 is 2.42 bits per heavy atom. The molecule has 1 aliphatic rings. The lowest BCUT2D eigenvalue weighted by molar-refractivity contribution is -0.122. The van der Waals surface area contributed by atoms with E-state index in [-0.39, 0.29) is 17.7 Å². The molecule has 0 aliphatic carbocycles. The Hall–Kier alpha value is -1.53. The molecule has 1 aromatic rings. The second-order valence-corrected chi connectivity index (χ2v) is 9.40. The molecule has 33 heavy (non-hydrogen) atoms. The standard InChI is InChI=1S/C21H40N4O4S.CH2O2/c1-6-20(2,3)28-14-8-21(4,5)29-15-10-22-9-7-13-27-19-18(23-30-24-19)25-11-16-26-17-12-25;2-1-3/h22H,6-17H2,1-5H3;1H,(H,2,3). The Labute approximate surface area is 202 Å². The molecule has 1 aliphatic heterocycles. The van der Waals surface area contributed by atoms with Crippen molar-refractivity contribution in [2.75, 3.05) is 64.1 Å². The van der Waals surface area contributed by atoms with E-state index in [9.17, 15) is 0 Å². The first-order valence-electron chi connectivity index (χ1n) is 11.6. The summed E-state index contributed by atoms with van der Waals surface area (Å²) in [6.07, 6.45) is 2.80. The fourth-order valence-electron chi connectivity index (χ4n) is 2.87. The third-order valence-electron chi connectivity index (χ3n) is 5.31. The Balaban J connectivity index is 0.00000172. The highest BCUT2D eigenvalue weighted by molar-refractivity contribution is 6.99. The maximum Gasteiger partial charge on any atom is 0.290 e. The highest BCUT2D eigenvalue weighted by Crippen LogP contribution is 2.26. The molecule has 0 atom stereocenters. The van der Waals surface area contributed by atoms with Crippen molar-refractivity contribution in [3.63, 3.8) is 0 Å². The minimum absolute atomic E-state index is 0.0583. The molecule has 192 valence electrons. The largest absolute Gasteiger partial charge is 0.483 e. The number of hydrogen-bond donors (Lipinski definition) is 2. The molecule has 0 unspecified atom stereocenters. The topological polar surface area (TPSA) is 115 Å². The van der Waals surface area contributed by atoms with Gasteiger partial charge in [0.15, 0.2) is 0 Å². The van der Waals surface area contributed by atoms with Gasteiger partial charge in [-0.1, -0.05) is 6.92 Å². The number of rotatable bonds is 15. The van der Waals surface area contributed by atoms with E-state index in [1.807, 2.05) is 0 Å². The molecule has 0 saturated carbocycles. The number of hydrogen-bond acceptors (Lipinski definition) is 10. The first kappa shape index (κ1) is 29.5. The number of anilines is 1. The van der Waals surface area contributed by atoms with Crippen LogP contribution in [0.1, 0.15) is 53.9 Å². The molecule has 1 saturated heterocycles. The van der Waals surface area contributed by atoms with Crippen LogP contribution in [0.2, 0.25) is 0 Å². The lowest BCUT2D eigenvalue weighted by Gasteiger charge is -2.29. The quantitative estimate of drug-likeness (QED) is 0.281. The summed E-state index contributed by atoms with van der Waals surface area (Å²) < 4.78 is 31.8. The first-order valence-corrected chi connectivity index (χ1v) is 12.3. The minimum Gasteiger partial charge on any atom is -0.483 e. The van der Waals surface area contributed by atoms with Crippen molar-refractivity contribution < 1.29 is 28.8 Å². The number of nitrogens with zero attached hydrogens (tertiary/aromatic N) is 3. The summed E-state index contributed by atoms with van der Waals surface area (Å²) in [5, 5.41) is 10.3. The third-order valence-corrected chi connectivity index (χ3v) is 5.81. The average molecular weight is 491 g/mol. The van der Waals surface area contributed by atoms with E-state index in [1.165, 1.54) is 11.7 Å². The van der Waals surface area contributed by atoms with Crippen molar-refractivity contribution in [3.8, 4) is 5.88 Å². The lowest BCUT2D eigenvalue weighted by Crippen LogP contribution is -2.36. The van der Waals surface area contributed by atoms with E-state index in [2.05, 4.69) is 53.6 Å². The summed E-state index contributed by atoms with van der Waals surface area (Å²) in [7, 11) is 0. The van der Waals surface area contributed by atoms with E-state index in [4.69, 9.17) is 28.8 Å². The van der Waals surface area contributed by atoms with Crippen LogP contribution >= 0.6 is 11.7 Å². The van der Waals surface area contributed by atoms with Gasteiger partial charge < -0.3 is 34.3 Å². The van der Waals surface area contributed by atoms with Gasteiger partial charge in [-0.3, -0.25) is 4.79 Å². The normalized spacial score (nSPS) is 14.5. The third kappa shape index (κ3) is 13.1. The molecular formula is C22H42N4O6S. The van der Waals surface area contributed by atoms with E-state index >= 15 is 0 Å². The van der Waals surface area contributed by atoms with E-state index in [0.29, 0.717) is 19.1 Å². The van der Waals surface area contributed by atoms with Gasteiger partial charge in [0.25, 0.3) is 12.4 Å². The van der Waals surface area contributed by atoms with Crippen LogP contribution in [0.3, 0.4) is 0 Å². The molecule has 0 radical (unpaired) electrons. The summed E-state index contributed by atoms with van der Waals surface area (Å²) >= 11 is 1.20. The van der Waals surface area contributed by atoms with Crippen molar-refractivity contribution >= 4 is 24.0 Å². The molecule has 10 nitrogen and oxygen atoms in total. The molecule has 11 heteroatoms. The predicted molar refractivity (Wildman–Crippen MR) is 130 cm³/mol. The minimum atomic E-state index is -0.250. The van der Waals surface area contributed by atoms with Gasteiger partial charge in [-0.2, -0.15) is 4.37 Å². The monoisotopic (exact) mass is 490 g/mol. The first-order chi connectivity index (χ1) is 15.7. The molecule has 2 heterocycles. The van der Waals surface area contributed by atoms with Crippen LogP contribution in [-0.4, -0.2) is 90.7 Å². The van der Waals surface area contributed by atoms with Crippen molar-refractivity contribution in [1.82, 2.24) is 14.1 Å². The number of carboxylic acid groups (broad SMARTS) is 1. The summed E-state index contributed by atoms with van der Waals surface area (Å²) in [5.74, 6) is 1.48. The molecular weight excluding hydrogens is 448 g/mol. The molecule has 0 spiro atoms. The van der Waals surface area contributed by atoms with Crippen LogP contribution in [0, 0.1) is 0 Å². The Morgan fingerprint density at radius 2 is 1.76 bits per heavy atom. The van der Waals surface area contributed by atoms with Crippen LogP contribution in [0.25, 0.3) is 0 Å². The van der Waals surface area contributed by atoms with Crippen LogP contribution in [-0.2, 0) is 19.0 Å². The molecule has 2 rings (SSSR count). The predicted octanol–water partition coefficient (Wildman–Crippen LogP) is 2.82. The zero-order chi connectivity index (χ0) is 24.6. The zero-order valence-corrected chi connectivity index (χ0v) is 21.6. The maximum atomic E-state index is 8.36. The Morgan fingerprint density at radius 1 is 1.09 bits per heavy atom. The van der Waals surface area contributed by atoms with E-state index < -0.39 is 0 Å². The van der Waals surface area contributed by atoms with Gasteiger partial charge in [0.1, 0.15) is 0 Å². The fourth-order valence-corrected chi connectivity index (χ4v) is 3.39. The van der Waals surface area contributed by atoms with Gasteiger partial charge >= 0.3 is 0 Å². The van der Waals surface area contributed by atoms with Gasteiger partial charge in [0.2, 0.25) is 5.82 Å². The van der Waals surface area contributed by atoms with Gasteiger partial charge in [-0.05, 0) is 53.5 Å². The van der Waals surface area contributed by atoms with Gasteiger partial charge in [-0.25, -0.2) is 0 Å². The van der Waals surface area contributed by atoms with Crippen molar-refractivity contribution in [2.45, 2.75) is 65.1 Å². The van der Waals surface area contributed by atoms with Gasteiger partial charge in [0, 0.05) is 19.6 Å². The number of aromatic nitrogens is 2. The Bertz CT molecular complexity index is 638. The zero-order valence-electron chi connectivity index (χ0n) is 20.8. The number of carbonyl (C=O) groups is 1. The molecule has 2 N–H and O–H groups in total. The molecule has 1 fully saturated rings. The van der Waals surface area contributed by atoms with Crippen molar-refractivity contribution in [3.05, 3.63) is 0 Å². The Kier molecular flexibility index (Phi) is 14.4. The van der Waals surface area contributed by atoms with Crippen LogP contribution in [0.4, 0.5) is 5.82 Å². The van der Waals surface area contributed by atoms with Gasteiger partial charge in [-0.15, -0.1) is 4.37 Å². The second-order valence-electron chi connectivity index (χ2n) is 8.87. The maximum absolute atomic E-state index is 8.36. The molecule has 1 aromatic heterocycles. The van der Waals surface area contributed by atoms with Crippen molar-refractivity contribution in [2.24, 2.45) is 0 Å². The van der Waals surface area contributed by atoms with E-state index in [0.717, 1.165) is 71.1 Å². The number of nitrogens with one attached hydrogen (secondary N) is 1. The van der Waals surface area contributed by atoms with Crippen molar-refractivity contribution in [1.29, 1.82) is 0 Å². The second kappa shape index (κ2) is 16.2. The smallest absolute Gasteiger partial charge is 0.290 e. The lowest BCUT2D eigenvalue weighted by atomic mass is 10.0.